The maximum absolute atomic E-state index is 11.9. The SMILES string of the molecule is CCSCC(C)NS(=O)(=O)Cc1cccc(N)c1. The fourth-order valence-corrected chi connectivity index (χ4v) is 3.76. The minimum Gasteiger partial charge on any atom is -0.399 e. The van der Waals surface area contributed by atoms with E-state index in [1.54, 1.807) is 36.0 Å². The predicted molar refractivity (Wildman–Crippen MR) is 79.1 cm³/mol. The molecule has 0 bridgehead atoms. The van der Waals surface area contributed by atoms with E-state index < -0.39 is 10.0 Å². The van der Waals surface area contributed by atoms with E-state index in [0.29, 0.717) is 11.3 Å². The van der Waals surface area contributed by atoms with Crippen LogP contribution in [0.1, 0.15) is 19.4 Å². The molecule has 18 heavy (non-hydrogen) atoms. The first-order valence-electron chi connectivity index (χ1n) is 5.85. The Balaban J connectivity index is 2.59. The highest BCUT2D eigenvalue weighted by Crippen LogP contribution is 2.10. The van der Waals surface area contributed by atoms with Gasteiger partial charge in [-0.05, 0) is 30.4 Å². The molecule has 1 aromatic carbocycles. The number of nitrogen functional groups attached to an aromatic ring is 1. The zero-order valence-corrected chi connectivity index (χ0v) is 12.4. The van der Waals surface area contributed by atoms with E-state index in [4.69, 9.17) is 5.73 Å². The number of benzene rings is 1. The average molecular weight is 288 g/mol. The van der Waals surface area contributed by atoms with Crippen molar-refractivity contribution in [3.8, 4) is 0 Å². The number of rotatable bonds is 7. The Labute approximate surface area is 113 Å². The molecule has 3 N–H and O–H groups in total. The van der Waals surface area contributed by atoms with Crippen molar-refractivity contribution < 1.29 is 8.42 Å². The quantitative estimate of drug-likeness (QED) is 0.751. The first kappa shape index (κ1) is 15.3. The van der Waals surface area contributed by atoms with E-state index in [2.05, 4.69) is 11.6 Å². The number of nitrogens with one attached hydrogen (secondary N) is 1. The summed E-state index contributed by atoms with van der Waals surface area (Å²) in [4.78, 5) is 0. The molecular formula is C12H20N2O2S2. The predicted octanol–water partition coefficient (Wildman–Crippen LogP) is 1.83. The van der Waals surface area contributed by atoms with Gasteiger partial charge in [0.05, 0.1) is 5.75 Å². The fraction of sp³-hybridized carbons (Fsp3) is 0.500. The molecule has 0 aliphatic rings. The highest BCUT2D eigenvalue weighted by atomic mass is 32.2. The van der Waals surface area contributed by atoms with E-state index in [1.807, 2.05) is 6.92 Å². The Hall–Kier alpha value is -0.720. The van der Waals surface area contributed by atoms with Crippen molar-refractivity contribution in [2.45, 2.75) is 25.6 Å². The second-order valence-electron chi connectivity index (χ2n) is 4.18. The minimum absolute atomic E-state index is 0.0286. The van der Waals surface area contributed by atoms with Crippen molar-refractivity contribution in [1.82, 2.24) is 4.72 Å². The Morgan fingerprint density at radius 1 is 1.44 bits per heavy atom. The van der Waals surface area contributed by atoms with Crippen molar-refractivity contribution in [3.63, 3.8) is 0 Å². The molecule has 0 spiro atoms. The average Bonchev–Trinajstić information content (AvgIpc) is 2.24. The van der Waals surface area contributed by atoms with Gasteiger partial charge in [-0.2, -0.15) is 11.8 Å². The summed E-state index contributed by atoms with van der Waals surface area (Å²) >= 11 is 1.72. The topological polar surface area (TPSA) is 72.2 Å². The number of hydrogen-bond acceptors (Lipinski definition) is 4. The standard InChI is InChI=1S/C12H20N2O2S2/c1-3-17-8-10(2)14-18(15,16)9-11-5-4-6-12(13)7-11/h4-7,10,14H,3,8-9,13H2,1-2H3. The van der Waals surface area contributed by atoms with E-state index in [9.17, 15) is 8.42 Å². The molecule has 0 amide bonds. The van der Waals surface area contributed by atoms with Gasteiger partial charge in [-0.3, -0.25) is 0 Å². The molecule has 0 heterocycles. The highest BCUT2D eigenvalue weighted by molar-refractivity contribution is 7.99. The van der Waals surface area contributed by atoms with Gasteiger partial charge in [0, 0.05) is 17.5 Å². The lowest BCUT2D eigenvalue weighted by atomic mass is 10.2. The van der Waals surface area contributed by atoms with Crippen LogP contribution in [0.15, 0.2) is 24.3 Å². The Morgan fingerprint density at radius 3 is 2.78 bits per heavy atom. The van der Waals surface area contributed by atoms with Gasteiger partial charge in [-0.25, -0.2) is 13.1 Å². The van der Waals surface area contributed by atoms with Crippen LogP contribution in [0.4, 0.5) is 5.69 Å². The molecule has 1 unspecified atom stereocenters. The summed E-state index contributed by atoms with van der Waals surface area (Å²) in [5.41, 5.74) is 6.91. The Bertz CT molecular complexity index is 475. The van der Waals surface area contributed by atoms with E-state index in [0.717, 1.165) is 11.5 Å². The van der Waals surface area contributed by atoms with Crippen LogP contribution in [0.25, 0.3) is 0 Å². The molecule has 4 nitrogen and oxygen atoms in total. The number of anilines is 1. The monoisotopic (exact) mass is 288 g/mol. The smallest absolute Gasteiger partial charge is 0.216 e. The zero-order valence-electron chi connectivity index (χ0n) is 10.7. The third-order valence-corrected chi connectivity index (χ3v) is 4.88. The molecular weight excluding hydrogens is 268 g/mol. The minimum atomic E-state index is -3.30. The second kappa shape index (κ2) is 7.01. The van der Waals surface area contributed by atoms with Gasteiger partial charge in [0.1, 0.15) is 0 Å². The summed E-state index contributed by atoms with van der Waals surface area (Å²) in [6.45, 7) is 3.93. The number of hydrogen-bond donors (Lipinski definition) is 2. The summed E-state index contributed by atoms with van der Waals surface area (Å²) in [7, 11) is -3.30. The van der Waals surface area contributed by atoms with Crippen molar-refractivity contribution in [2.75, 3.05) is 17.2 Å². The lowest BCUT2D eigenvalue weighted by Gasteiger charge is -2.13. The van der Waals surface area contributed by atoms with Crippen LogP contribution >= 0.6 is 11.8 Å². The number of nitrogens with two attached hydrogens (primary N) is 1. The van der Waals surface area contributed by atoms with Crippen LogP contribution in [0, 0.1) is 0 Å². The molecule has 0 aliphatic carbocycles. The third-order valence-electron chi connectivity index (χ3n) is 2.26. The van der Waals surface area contributed by atoms with Gasteiger partial charge < -0.3 is 5.73 Å². The van der Waals surface area contributed by atoms with Gasteiger partial charge in [-0.15, -0.1) is 0 Å². The molecule has 1 atom stereocenters. The Kier molecular flexibility index (Phi) is 5.98. The van der Waals surface area contributed by atoms with Gasteiger partial charge >= 0.3 is 0 Å². The number of sulfonamides is 1. The normalized spacial score (nSPS) is 13.4. The lowest BCUT2D eigenvalue weighted by Crippen LogP contribution is -2.35. The fourth-order valence-electron chi connectivity index (χ4n) is 1.58. The van der Waals surface area contributed by atoms with E-state index in [-0.39, 0.29) is 11.8 Å². The summed E-state index contributed by atoms with van der Waals surface area (Å²) in [5, 5.41) is 0. The van der Waals surface area contributed by atoms with Crippen LogP contribution in [-0.4, -0.2) is 26.0 Å². The van der Waals surface area contributed by atoms with Crippen LogP contribution in [0.2, 0.25) is 0 Å². The molecule has 0 fully saturated rings. The molecule has 0 aromatic heterocycles. The van der Waals surface area contributed by atoms with Gasteiger partial charge in [0.15, 0.2) is 0 Å². The molecule has 102 valence electrons. The van der Waals surface area contributed by atoms with Gasteiger partial charge in [0.2, 0.25) is 10.0 Å². The zero-order chi connectivity index (χ0) is 13.6. The number of thioether (sulfide) groups is 1. The molecule has 0 saturated heterocycles. The summed E-state index contributed by atoms with van der Waals surface area (Å²) < 4.78 is 26.5. The van der Waals surface area contributed by atoms with Crippen molar-refractivity contribution >= 4 is 27.5 Å². The van der Waals surface area contributed by atoms with E-state index >= 15 is 0 Å². The molecule has 1 aromatic rings. The van der Waals surface area contributed by atoms with Crippen LogP contribution < -0.4 is 10.5 Å². The highest BCUT2D eigenvalue weighted by Gasteiger charge is 2.15. The van der Waals surface area contributed by atoms with Crippen molar-refractivity contribution in [3.05, 3.63) is 29.8 Å². The van der Waals surface area contributed by atoms with Gasteiger partial charge in [-0.1, -0.05) is 19.1 Å². The van der Waals surface area contributed by atoms with E-state index in [1.165, 1.54) is 0 Å². The molecule has 0 saturated carbocycles. The maximum Gasteiger partial charge on any atom is 0.216 e. The summed E-state index contributed by atoms with van der Waals surface area (Å²) in [6.07, 6.45) is 0. The molecule has 0 aliphatic heterocycles. The largest absolute Gasteiger partial charge is 0.399 e. The maximum atomic E-state index is 11.9. The summed E-state index contributed by atoms with van der Waals surface area (Å²) in [6, 6.07) is 6.90. The van der Waals surface area contributed by atoms with Crippen molar-refractivity contribution in [1.29, 1.82) is 0 Å². The van der Waals surface area contributed by atoms with Crippen LogP contribution in [0.3, 0.4) is 0 Å². The molecule has 0 radical (unpaired) electrons. The van der Waals surface area contributed by atoms with Crippen LogP contribution in [-0.2, 0) is 15.8 Å². The second-order valence-corrected chi connectivity index (χ2v) is 7.26. The van der Waals surface area contributed by atoms with Crippen molar-refractivity contribution in [2.24, 2.45) is 0 Å². The lowest BCUT2D eigenvalue weighted by molar-refractivity contribution is 0.570. The van der Waals surface area contributed by atoms with Crippen LogP contribution in [0.5, 0.6) is 0 Å². The first-order valence-corrected chi connectivity index (χ1v) is 8.66. The molecule has 6 heteroatoms. The summed E-state index contributed by atoms with van der Waals surface area (Å²) in [5.74, 6) is 1.74. The Morgan fingerprint density at radius 2 is 2.17 bits per heavy atom. The third kappa shape index (κ3) is 5.75. The first-order chi connectivity index (χ1) is 8.43. The van der Waals surface area contributed by atoms with Gasteiger partial charge in [0.25, 0.3) is 0 Å². The molecule has 1 rings (SSSR count).